The van der Waals surface area contributed by atoms with E-state index in [-0.39, 0.29) is 0 Å². The second-order valence-corrected chi connectivity index (χ2v) is 4.85. The van der Waals surface area contributed by atoms with Gasteiger partial charge in [-0.1, -0.05) is 13.0 Å². The van der Waals surface area contributed by atoms with Crippen molar-refractivity contribution in [1.29, 1.82) is 0 Å². The molecule has 0 aliphatic carbocycles. The van der Waals surface area contributed by atoms with Crippen LogP contribution in [0.25, 0.3) is 0 Å². The lowest BCUT2D eigenvalue weighted by Gasteiger charge is -2.35. The Morgan fingerprint density at radius 3 is 2.82 bits per heavy atom. The van der Waals surface area contributed by atoms with E-state index in [1.807, 2.05) is 6.92 Å². The van der Waals surface area contributed by atoms with Gasteiger partial charge in [-0.3, -0.25) is 0 Å². The molecule has 1 aliphatic heterocycles. The van der Waals surface area contributed by atoms with Crippen molar-refractivity contribution >= 4 is 5.97 Å². The summed E-state index contributed by atoms with van der Waals surface area (Å²) in [5.74, 6) is -0.800. The molecule has 0 aromatic heterocycles. The number of carboxylic acid groups (broad SMARTS) is 1. The molecule has 1 aliphatic rings. The van der Waals surface area contributed by atoms with E-state index < -0.39 is 5.97 Å². The Kier molecular flexibility index (Phi) is 5.65. The summed E-state index contributed by atoms with van der Waals surface area (Å²) in [6.45, 7) is 5.88. The third-order valence-corrected chi connectivity index (χ3v) is 3.62. The zero-order valence-corrected chi connectivity index (χ0v) is 11.1. The van der Waals surface area contributed by atoms with Crippen molar-refractivity contribution in [1.82, 2.24) is 10.2 Å². The van der Waals surface area contributed by atoms with Crippen LogP contribution in [0, 0.1) is 0 Å². The molecule has 1 fully saturated rings. The van der Waals surface area contributed by atoms with Crippen LogP contribution in [-0.4, -0.2) is 48.2 Å². The van der Waals surface area contributed by atoms with Gasteiger partial charge in [-0.05, 0) is 39.8 Å². The minimum atomic E-state index is -0.800. The van der Waals surface area contributed by atoms with E-state index >= 15 is 0 Å². The Labute approximate surface area is 104 Å². The number of carbonyl (C=O) groups is 1. The van der Waals surface area contributed by atoms with Crippen LogP contribution in [0.5, 0.6) is 0 Å². The van der Waals surface area contributed by atoms with Crippen molar-refractivity contribution in [3.63, 3.8) is 0 Å². The predicted molar refractivity (Wildman–Crippen MR) is 69.1 cm³/mol. The molecule has 1 rings (SSSR count). The molecule has 4 heteroatoms. The Morgan fingerprint density at radius 2 is 2.29 bits per heavy atom. The maximum Gasteiger partial charge on any atom is 0.331 e. The molecular weight excluding hydrogens is 216 g/mol. The summed E-state index contributed by atoms with van der Waals surface area (Å²) < 4.78 is 0. The lowest BCUT2D eigenvalue weighted by atomic mass is 9.99. The summed E-state index contributed by atoms with van der Waals surface area (Å²) in [6.07, 6.45) is 4.66. The summed E-state index contributed by atoms with van der Waals surface area (Å²) in [6, 6.07) is 1.12. The van der Waals surface area contributed by atoms with E-state index in [0.29, 0.717) is 30.6 Å². The highest BCUT2D eigenvalue weighted by Crippen LogP contribution is 2.15. The molecule has 1 saturated heterocycles. The number of hydrogen-bond acceptors (Lipinski definition) is 3. The highest BCUT2D eigenvalue weighted by atomic mass is 16.4. The first kappa shape index (κ1) is 14.2. The zero-order chi connectivity index (χ0) is 12.8. The highest BCUT2D eigenvalue weighted by Gasteiger charge is 2.21. The van der Waals surface area contributed by atoms with Crippen LogP contribution in [-0.2, 0) is 4.79 Å². The number of aliphatic carboxylic acids is 1. The summed E-state index contributed by atoms with van der Waals surface area (Å²) in [5, 5.41) is 12.3. The minimum absolute atomic E-state index is 0.499. The molecule has 98 valence electrons. The van der Waals surface area contributed by atoms with Crippen molar-refractivity contribution in [2.45, 2.75) is 45.2 Å². The fraction of sp³-hybridized carbons (Fsp3) is 0.769. The van der Waals surface area contributed by atoms with Crippen LogP contribution in [0.1, 0.15) is 33.1 Å². The number of hydrogen-bond donors (Lipinski definition) is 2. The molecule has 0 radical (unpaired) electrons. The molecule has 17 heavy (non-hydrogen) atoms. The van der Waals surface area contributed by atoms with Crippen LogP contribution in [0.15, 0.2) is 11.6 Å². The van der Waals surface area contributed by atoms with Gasteiger partial charge in [0.1, 0.15) is 0 Å². The second-order valence-electron chi connectivity index (χ2n) is 4.85. The molecule has 0 aromatic carbocycles. The fourth-order valence-electron chi connectivity index (χ4n) is 2.21. The normalized spacial score (nSPS) is 27.1. The Hall–Kier alpha value is -0.870. The number of nitrogens with zero attached hydrogens (tertiary/aromatic N) is 1. The van der Waals surface area contributed by atoms with Gasteiger partial charge in [0.2, 0.25) is 0 Å². The average Bonchev–Trinajstić information content (AvgIpc) is 2.28. The summed E-state index contributed by atoms with van der Waals surface area (Å²) in [5.41, 5.74) is 0.499. The van der Waals surface area contributed by atoms with Gasteiger partial charge in [0.25, 0.3) is 0 Å². The predicted octanol–water partition coefficient (Wildman–Crippen LogP) is 1.48. The van der Waals surface area contributed by atoms with Crippen LogP contribution in [0.4, 0.5) is 0 Å². The molecule has 2 atom stereocenters. The molecule has 4 nitrogen and oxygen atoms in total. The van der Waals surface area contributed by atoms with Gasteiger partial charge in [0.15, 0.2) is 0 Å². The van der Waals surface area contributed by atoms with Crippen LogP contribution >= 0.6 is 0 Å². The lowest BCUT2D eigenvalue weighted by molar-refractivity contribution is -0.132. The maximum absolute atomic E-state index is 10.8. The second kappa shape index (κ2) is 6.77. The third-order valence-electron chi connectivity index (χ3n) is 3.62. The van der Waals surface area contributed by atoms with Crippen LogP contribution in [0.2, 0.25) is 0 Å². The van der Waals surface area contributed by atoms with E-state index in [0.717, 1.165) is 19.4 Å². The van der Waals surface area contributed by atoms with Crippen molar-refractivity contribution < 1.29 is 9.90 Å². The quantitative estimate of drug-likeness (QED) is 0.715. The van der Waals surface area contributed by atoms with Crippen molar-refractivity contribution in [3.8, 4) is 0 Å². The minimum Gasteiger partial charge on any atom is -0.478 e. The summed E-state index contributed by atoms with van der Waals surface area (Å²) in [4.78, 5) is 13.2. The molecule has 0 spiro atoms. The van der Waals surface area contributed by atoms with Crippen molar-refractivity contribution in [2.24, 2.45) is 0 Å². The van der Waals surface area contributed by atoms with Crippen LogP contribution in [0.3, 0.4) is 0 Å². The molecule has 0 bridgehead atoms. The smallest absolute Gasteiger partial charge is 0.331 e. The summed E-state index contributed by atoms with van der Waals surface area (Å²) in [7, 11) is 2.15. The van der Waals surface area contributed by atoms with Gasteiger partial charge in [-0.25, -0.2) is 4.79 Å². The topological polar surface area (TPSA) is 52.6 Å². The van der Waals surface area contributed by atoms with E-state index in [9.17, 15) is 4.79 Å². The first-order valence-electron chi connectivity index (χ1n) is 6.40. The van der Waals surface area contributed by atoms with Gasteiger partial charge < -0.3 is 15.3 Å². The highest BCUT2D eigenvalue weighted by molar-refractivity contribution is 5.86. The van der Waals surface area contributed by atoms with E-state index in [1.54, 1.807) is 6.08 Å². The first-order valence-corrected chi connectivity index (χ1v) is 6.40. The van der Waals surface area contributed by atoms with Gasteiger partial charge in [-0.15, -0.1) is 0 Å². The van der Waals surface area contributed by atoms with E-state index in [2.05, 4.69) is 24.2 Å². The standard InChI is InChI=1S/C13H24N2O2/c1-4-11(13(16)17)5-7-14-12-6-8-15(3)10(2)9-12/h5,10,12,14H,4,6-9H2,1-3H3,(H,16,17). The number of piperidine rings is 1. The molecule has 2 N–H and O–H groups in total. The number of likely N-dealkylation sites (tertiary alicyclic amines) is 1. The van der Waals surface area contributed by atoms with Crippen LogP contribution < -0.4 is 5.32 Å². The molecular formula is C13H24N2O2. The van der Waals surface area contributed by atoms with Gasteiger partial charge in [0, 0.05) is 24.2 Å². The van der Waals surface area contributed by atoms with Gasteiger partial charge >= 0.3 is 5.97 Å². The fourth-order valence-corrected chi connectivity index (χ4v) is 2.21. The third kappa shape index (κ3) is 4.48. The number of rotatable bonds is 5. The lowest BCUT2D eigenvalue weighted by Crippen LogP contribution is -2.45. The molecule has 0 amide bonds. The van der Waals surface area contributed by atoms with Crippen molar-refractivity contribution in [2.75, 3.05) is 20.1 Å². The number of nitrogens with one attached hydrogen (secondary N) is 1. The number of carboxylic acids is 1. The SMILES string of the molecule is CCC(=CCNC1CCN(C)C(C)C1)C(=O)O. The summed E-state index contributed by atoms with van der Waals surface area (Å²) >= 11 is 0. The molecule has 0 aromatic rings. The zero-order valence-electron chi connectivity index (χ0n) is 11.1. The maximum atomic E-state index is 10.8. The monoisotopic (exact) mass is 240 g/mol. The molecule has 2 unspecified atom stereocenters. The van der Waals surface area contributed by atoms with Gasteiger partial charge in [-0.2, -0.15) is 0 Å². The average molecular weight is 240 g/mol. The van der Waals surface area contributed by atoms with E-state index in [1.165, 1.54) is 0 Å². The van der Waals surface area contributed by atoms with Crippen molar-refractivity contribution in [3.05, 3.63) is 11.6 Å². The molecule has 0 saturated carbocycles. The van der Waals surface area contributed by atoms with Gasteiger partial charge in [0.05, 0.1) is 0 Å². The molecule has 1 heterocycles. The Morgan fingerprint density at radius 1 is 1.59 bits per heavy atom. The van der Waals surface area contributed by atoms with E-state index in [4.69, 9.17) is 5.11 Å². The Bertz CT molecular complexity index is 289. The largest absolute Gasteiger partial charge is 0.478 e. The Balaban J connectivity index is 2.34. The first-order chi connectivity index (χ1) is 8.04.